The molecule has 1 amide bonds. The first kappa shape index (κ1) is 20.7. The molecule has 0 aromatic heterocycles. The first-order chi connectivity index (χ1) is 15.9. The summed E-state index contributed by atoms with van der Waals surface area (Å²) >= 11 is 12.6. The summed E-state index contributed by atoms with van der Waals surface area (Å²) in [5, 5.41) is 3.89. The fourth-order valence-corrected chi connectivity index (χ4v) is 6.45. The number of carbonyl (C=O) groups is 2. The Labute approximate surface area is 201 Å². The van der Waals surface area contributed by atoms with Crippen molar-refractivity contribution in [3.8, 4) is 5.75 Å². The number of anilines is 1. The number of nitrogens with zero attached hydrogens (tertiary/aromatic N) is 1. The van der Waals surface area contributed by atoms with Crippen molar-refractivity contribution in [1.82, 2.24) is 4.90 Å². The molecule has 0 radical (unpaired) electrons. The van der Waals surface area contributed by atoms with Gasteiger partial charge in [-0.25, -0.2) is 0 Å². The highest BCUT2D eigenvalue weighted by Crippen LogP contribution is 2.64. The number of ketones is 1. The largest absolute Gasteiger partial charge is 0.492 e. The molecular formula is C26H20Cl2N2O3. The maximum absolute atomic E-state index is 14.5. The van der Waals surface area contributed by atoms with Crippen LogP contribution in [0.2, 0.25) is 10.0 Å². The van der Waals surface area contributed by atoms with Gasteiger partial charge in [0.1, 0.15) is 23.3 Å². The second-order valence-electron chi connectivity index (χ2n) is 8.90. The molecule has 0 unspecified atom stereocenters. The lowest BCUT2D eigenvalue weighted by atomic mass is 9.57. The van der Waals surface area contributed by atoms with Crippen LogP contribution >= 0.6 is 23.2 Å². The third-order valence-electron chi connectivity index (χ3n) is 7.50. The molecular weight excluding hydrogens is 459 g/mol. The van der Waals surface area contributed by atoms with Crippen LogP contribution in [0.4, 0.5) is 5.69 Å². The molecule has 1 fully saturated rings. The topological polar surface area (TPSA) is 58.6 Å². The van der Waals surface area contributed by atoms with Crippen molar-refractivity contribution >= 4 is 40.6 Å². The Balaban J connectivity index is 1.67. The van der Waals surface area contributed by atoms with Crippen LogP contribution in [-0.2, 0) is 10.3 Å². The summed E-state index contributed by atoms with van der Waals surface area (Å²) in [6.45, 7) is 0.539. The van der Waals surface area contributed by atoms with E-state index in [1.165, 1.54) is 0 Å². The standard InChI is InChI=1S/C26H20Cl2N2O3/c1-30-13-18(15-10-11-19(27)20(28)12-15)25(14-33-22-9-5-2-6-16(22)23(25)31)26(30)17-7-3-4-8-21(17)29-24(26)32/h2-12,18H,13-14H2,1H3,(H,29,32)/t18-,25+,26+/m0/s1. The zero-order valence-corrected chi connectivity index (χ0v) is 19.3. The van der Waals surface area contributed by atoms with Crippen LogP contribution in [0, 0.1) is 5.41 Å². The molecule has 7 heteroatoms. The molecule has 1 saturated heterocycles. The van der Waals surface area contributed by atoms with Gasteiger partial charge in [0.2, 0.25) is 0 Å². The molecule has 3 aromatic rings. The van der Waals surface area contributed by atoms with Gasteiger partial charge in [0, 0.05) is 23.7 Å². The Morgan fingerprint density at radius 3 is 2.58 bits per heavy atom. The average Bonchev–Trinajstić information content (AvgIpc) is 3.27. The number of hydrogen-bond acceptors (Lipinski definition) is 4. The quantitative estimate of drug-likeness (QED) is 0.526. The van der Waals surface area contributed by atoms with Gasteiger partial charge in [-0.3, -0.25) is 14.5 Å². The molecule has 166 valence electrons. The number of likely N-dealkylation sites (N-methyl/N-ethyl adjacent to an activating group) is 1. The van der Waals surface area contributed by atoms with Gasteiger partial charge in [0.15, 0.2) is 5.78 Å². The van der Waals surface area contributed by atoms with Crippen LogP contribution in [0.3, 0.4) is 0 Å². The van der Waals surface area contributed by atoms with Gasteiger partial charge in [0.05, 0.1) is 15.6 Å². The van der Waals surface area contributed by atoms with Crippen LogP contribution in [0.25, 0.3) is 0 Å². The molecule has 1 N–H and O–H groups in total. The van der Waals surface area contributed by atoms with Crippen LogP contribution in [-0.4, -0.2) is 36.8 Å². The Hall–Kier alpha value is -2.86. The second-order valence-corrected chi connectivity index (χ2v) is 9.72. The monoisotopic (exact) mass is 478 g/mol. The van der Waals surface area contributed by atoms with Crippen molar-refractivity contribution in [2.45, 2.75) is 11.5 Å². The number of likely N-dealkylation sites (tertiary alicyclic amines) is 1. The van der Waals surface area contributed by atoms with Gasteiger partial charge < -0.3 is 10.1 Å². The van der Waals surface area contributed by atoms with Gasteiger partial charge in [-0.05, 0) is 42.9 Å². The second kappa shape index (κ2) is 7.07. The highest BCUT2D eigenvalue weighted by atomic mass is 35.5. The zero-order valence-electron chi connectivity index (χ0n) is 17.8. The molecule has 0 aliphatic carbocycles. The number of carbonyl (C=O) groups excluding carboxylic acids is 2. The van der Waals surface area contributed by atoms with Crippen molar-refractivity contribution in [2.75, 3.05) is 25.5 Å². The van der Waals surface area contributed by atoms with Gasteiger partial charge >= 0.3 is 0 Å². The number of halogens is 2. The number of hydrogen-bond donors (Lipinski definition) is 1. The summed E-state index contributed by atoms with van der Waals surface area (Å²) < 4.78 is 6.25. The van der Waals surface area contributed by atoms with E-state index in [9.17, 15) is 9.59 Å². The molecule has 5 nitrogen and oxygen atoms in total. The predicted molar refractivity (Wildman–Crippen MR) is 127 cm³/mol. The molecule has 2 spiro atoms. The minimum atomic E-state index is -1.23. The van der Waals surface area contributed by atoms with Crippen molar-refractivity contribution in [3.05, 3.63) is 93.5 Å². The van der Waals surface area contributed by atoms with Gasteiger partial charge in [-0.15, -0.1) is 0 Å². The van der Waals surface area contributed by atoms with E-state index < -0.39 is 11.0 Å². The average molecular weight is 479 g/mol. The normalized spacial score (nSPS) is 28.0. The number of benzene rings is 3. The van der Waals surface area contributed by atoms with Gasteiger partial charge in [0.25, 0.3) is 5.91 Å². The molecule has 3 aliphatic rings. The van der Waals surface area contributed by atoms with Crippen LogP contribution in [0.15, 0.2) is 66.7 Å². The summed E-state index contributed by atoms with van der Waals surface area (Å²) in [7, 11) is 1.90. The molecule has 6 rings (SSSR count). The highest BCUT2D eigenvalue weighted by molar-refractivity contribution is 6.42. The van der Waals surface area contributed by atoms with E-state index in [4.69, 9.17) is 27.9 Å². The summed E-state index contributed by atoms with van der Waals surface area (Å²) in [6, 6.07) is 20.2. The number of Topliss-reactive ketones (excluding diaryl/α,β-unsaturated/α-hetero) is 1. The van der Waals surface area contributed by atoms with Crippen LogP contribution < -0.4 is 10.1 Å². The van der Waals surface area contributed by atoms with E-state index in [-0.39, 0.29) is 24.2 Å². The third kappa shape index (κ3) is 2.47. The Morgan fingerprint density at radius 1 is 1.00 bits per heavy atom. The smallest absolute Gasteiger partial charge is 0.250 e. The Kier molecular flexibility index (Phi) is 4.44. The fraction of sp³-hybridized carbons (Fsp3) is 0.231. The molecule has 0 saturated carbocycles. The maximum Gasteiger partial charge on any atom is 0.250 e. The lowest BCUT2D eigenvalue weighted by molar-refractivity contribution is -0.131. The number of ether oxygens (including phenoxy) is 1. The molecule has 3 aromatic carbocycles. The third-order valence-corrected chi connectivity index (χ3v) is 8.24. The van der Waals surface area contributed by atoms with Gasteiger partial charge in [-0.2, -0.15) is 0 Å². The summed E-state index contributed by atoms with van der Waals surface area (Å²) in [4.78, 5) is 30.4. The zero-order chi connectivity index (χ0) is 23.0. The molecule has 3 heterocycles. The number of fused-ring (bicyclic) bond motifs is 4. The minimum absolute atomic E-state index is 0.0693. The summed E-state index contributed by atoms with van der Waals surface area (Å²) in [5.74, 6) is -0.130. The molecule has 0 bridgehead atoms. The highest BCUT2D eigenvalue weighted by Gasteiger charge is 2.75. The number of amides is 1. The SMILES string of the molecule is CN1C[C@@H](c2ccc(Cl)c(Cl)c2)[C@@]2(COc3ccccc3C2=O)[C@@]12C(=O)Nc1ccccc12. The summed E-state index contributed by atoms with van der Waals surface area (Å²) in [6.07, 6.45) is 0. The maximum atomic E-state index is 14.5. The Morgan fingerprint density at radius 2 is 1.76 bits per heavy atom. The van der Waals surface area contributed by atoms with Gasteiger partial charge in [-0.1, -0.05) is 59.6 Å². The van der Waals surface area contributed by atoms with E-state index in [2.05, 4.69) is 5.32 Å². The van der Waals surface area contributed by atoms with Crippen molar-refractivity contribution in [1.29, 1.82) is 0 Å². The lowest BCUT2D eigenvalue weighted by Crippen LogP contribution is -2.62. The van der Waals surface area contributed by atoms with E-state index in [0.717, 1.165) is 16.8 Å². The molecule has 33 heavy (non-hydrogen) atoms. The number of rotatable bonds is 1. The lowest BCUT2D eigenvalue weighted by Gasteiger charge is -2.47. The number of para-hydroxylation sites is 2. The van der Waals surface area contributed by atoms with Crippen molar-refractivity contribution in [3.63, 3.8) is 0 Å². The number of nitrogens with one attached hydrogen (secondary N) is 1. The predicted octanol–water partition coefficient (Wildman–Crippen LogP) is 5.13. The van der Waals surface area contributed by atoms with E-state index in [0.29, 0.717) is 27.9 Å². The minimum Gasteiger partial charge on any atom is -0.492 e. The van der Waals surface area contributed by atoms with Crippen LogP contribution in [0.1, 0.15) is 27.4 Å². The van der Waals surface area contributed by atoms with Crippen molar-refractivity contribution in [2.24, 2.45) is 5.41 Å². The first-order valence-corrected chi connectivity index (χ1v) is 11.5. The van der Waals surface area contributed by atoms with Crippen molar-refractivity contribution < 1.29 is 14.3 Å². The summed E-state index contributed by atoms with van der Waals surface area (Å²) in [5.41, 5.74) is 0.406. The first-order valence-electron chi connectivity index (χ1n) is 10.7. The molecule has 3 atom stereocenters. The van der Waals surface area contributed by atoms with E-state index in [1.54, 1.807) is 24.3 Å². The van der Waals surface area contributed by atoms with E-state index >= 15 is 0 Å². The Bertz CT molecular complexity index is 1340. The fourth-order valence-electron chi connectivity index (χ4n) is 6.15. The molecule has 3 aliphatic heterocycles. The van der Waals surface area contributed by atoms with Crippen LogP contribution in [0.5, 0.6) is 5.75 Å². The van der Waals surface area contributed by atoms with E-state index in [1.807, 2.05) is 54.4 Å².